The molecule has 3 rings (SSSR count). The number of aliphatic imine (C=N–C) groups is 1. The molecule has 0 bridgehead atoms. The van der Waals surface area contributed by atoms with E-state index in [9.17, 15) is 13.2 Å². The number of amidine groups is 1. The standard InChI is InChI=1S/C25H25F3N2O2S.HI/c1-31-22-12-4-18(5-13-22)16-30(17-19-6-14-23(32-2)15-7-19)24(33-3)29-21-10-8-20(9-11-21)25(26,27)28;/h4-15H,16-17H2,1-3H3;1H. The lowest BCUT2D eigenvalue weighted by Crippen LogP contribution is -2.27. The van der Waals surface area contributed by atoms with Gasteiger partial charge in [-0.1, -0.05) is 36.0 Å². The van der Waals surface area contributed by atoms with Crippen LogP contribution in [0.25, 0.3) is 0 Å². The molecule has 0 atom stereocenters. The van der Waals surface area contributed by atoms with E-state index in [0.29, 0.717) is 23.9 Å². The van der Waals surface area contributed by atoms with Crippen molar-refractivity contribution < 1.29 is 22.6 Å². The Morgan fingerprint density at radius 2 is 1.24 bits per heavy atom. The number of benzene rings is 3. The fourth-order valence-electron chi connectivity index (χ4n) is 3.17. The van der Waals surface area contributed by atoms with Gasteiger partial charge in [-0.15, -0.1) is 24.0 Å². The number of thioether (sulfide) groups is 1. The SMILES string of the molecule is COc1ccc(CN(Cc2ccc(OC)cc2)C(=Nc2ccc(C(F)(F)F)cc2)SC)cc1.I. The molecule has 0 aliphatic carbocycles. The smallest absolute Gasteiger partial charge is 0.416 e. The van der Waals surface area contributed by atoms with Crippen molar-refractivity contribution in [3.8, 4) is 11.5 Å². The van der Waals surface area contributed by atoms with Crippen LogP contribution in [0.15, 0.2) is 77.8 Å². The molecule has 182 valence electrons. The second-order valence-corrected chi connectivity index (χ2v) is 7.97. The van der Waals surface area contributed by atoms with Crippen LogP contribution in [-0.4, -0.2) is 30.5 Å². The molecule has 3 aromatic rings. The topological polar surface area (TPSA) is 34.1 Å². The van der Waals surface area contributed by atoms with Crippen LogP contribution in [-0.2, 0) is 19.3 Å². The zero-order valence-corrected chi connectivity index (χ0v) is 22.2. The first-order valence-corrected chi connectivity index (χ1v) is 11.4. The molecule has 0 fully saturated rings. The summed E-state index contributed by atoms with van der Waals surface area (Å²) in [5.74, 6) is 1.54. The molecule has 0 aliphatic heterocycles. The van der Waals surface area contributed by atoms with Gasteiger partial charge in [0.2, 0.25) is 0 Å². The molecule has 0 aromatic heterocycles. The molecule has 3 aromatic carbocycles. The number of halogens is 4. The minimum absolute atomic E-state index is 0. The highest BCUT2D eigenvalue weighted by molar-refractivity contribution is 14.0. The number of hydrogen-bond donors (Lipinski definition) is 0. The summed E-state index contributed by atoms with van der Waals surface area (Å²) in [4.78, 5) is 6.74. The highest BCUT2D eigenvalue weighted by Crippen LogP contribution is 2.31. The number of alkyl halides is 3. The Kier molecular flexibility index (Phi) is 10.6. The zero-order chi connectivity index (χ0) is 23.8. The predicted octanol–water partition coefficient (Wildman–Crippen LogP) is 7.39. The monoisotopic (exact) mass is 602 g/mol. The first-order chi connectivity index (χ1) is 15.8. The Balaban J connectivity index is 0.00000408. The van der Waals surface area contributed by atoms with Crippen molar-refractivity contribution in [2.75, 3.05) is 20.5 Å². The Morgan fingerprint density at radius 1 is 0.794 bits per heavy atom. The summed E-state index contributed by atoms with van der Waals surface area (Å²) in [6.45, 7) is 1.13. The van der Waals surface area contributed by atoms with Crippen LogP contribution < -0.4 is 9.47 Å². The molecular formula is C25H26F3IN2O2S. The summed E-state index contributed by atoms with van der Waals surface area (Å²) in [6.07, 6.45) is -2.47. The van der Waals surface area contributed by atoms with Crippen molar-refractivity contribution in [1.29, 1.82) is 0 Å². The van der Waals surface area contributed by atoms with Gasteiger partial charge in [-0.05, 0) is 65.9 Å². The van der Waals surface area contributed by atoms with Gasteiger partial charge in [0.25, 0.3) is 0 Å². The predicted molar refractivity (Wildman–Crippen MR) is 143 cm³/mol. The van der Waals surface area contributed by atoms with Gasteiger partial charge in [0, 0.05) is 13.1 Å². The van der Waals surface area contributed by atoms with Crippen molar-refractivity contribution in [2.45, 2.75) is 19.3 Å². The Labute approximate surface area is 219 Å². The molecule has 9 heteroatoms. The van der Waals surface area contributed by atoms with Crippen molar-refractivity contribution >= 4 is 46.6 Å². The van der Waals surface area contributed by atoms with E-state index in [0.717, 1.165) is 34.8 Å². The van der Waals surface area contributed by atoms with Gasteiger partial charge in [0.15, 0.2) is 5.17 Å². The molecule has 0 amide bonds. The van der Waals surface area contributed by atoms with Crippen LogP contribution in [0.5, 0.6) is 11.5 Å². The van der Waals surface area contributed by atoms with Crippen molar-refractivity contribution in [1.82, 2.24) is 4.90 Å². The van der Waals surface area contributed by atoms with Gasteiger partial charge in [0.1, 0.15) is 11.5 Å². The average Bonchev–Trinajstić information content (AvgIpc) is 2.83. The van der Waals surface area contributed by atoms with Gasteiger partial charge < -0.3 is 14.4 Å². The van der Waals surface area contributed by atoms with Crippen LogP contribution in [0.4, 0.5) is 18.9 Å². The third kappa shape index (κ3) is 7.83. The first kappa shape index (κ1) is 27.8. The van der Waals surface area contributed by atoms with E-state index in [2.05, 4.69) is 9.89 Å². The fourth-order valence-corrected chi connectivity index (χ4v) is 3.76. The number of nitrogens with zero attached hydrogens (tertiary/aromatic N) is 2. The molecule has 0 heterocycles. The largest absolute Gasteiger partial charge is 0.497 e. The van der Waals surface area contributed by atoms with Crippen LogP contribution in [0, 0.1) is 0 Å². The third-order valence-electron chi connectivity index (χ3n) is 4.94. The lowest BCUT2D eigenvalue weighted by atomic mass is 10.1. The minimum atomic E-state index is -4.38. The Bertz CT molecular complexity index is 1010. The average molecular weight is 602 g/mol. The number of rotatable bonds is 7. The van der Waals surface area contributed by atoms with Gasteiger partial charge in [0.05, 0.1) is 25.5 Å². The van der Waals surface area contributed by atoms with Crippen LogP contribution in [0.1, 0.15) is 16.7 Å². The van der Waals surface area contributed by atoms with Crippen molar-refractivity contribution in [2.24, 2.45) is 4.99 Å². The van der Waals surface area contributed by atoms with Gasteiger partial charge in [-0.25, -0.2) is 4.99 Å². The molecular weight excluding hydrogens is 576 g/mol. The van der Waals surface area contributed by atoms with E-state index in [1.165, 1.54) is 23.9 Å². The number of ether oxygens (including phenoxy) is 2. The van der Waals surface area contributed by atoms with E-state index in [1.807, 2.05) is 54.8 Å². The summed E-state index contributed by atoms with van der Waals surface area (Å²) in [5.41, 5.74) is 1.87. The highest BCUT2D eigenvalue weighted by Gasteiger charge is 2.30. The molecule has 0 N–H and O–H groups in total. The Morgan fingerprint density at radius 3 is 1.59 bits per heavy atom. The van der Waals surface area contributed by atoms with Crippen molar-refractivity contribution in [3.63, 3.8) is 0 Å². The minimum Gasteiger partial charge on any atom is -0.497 e. The quantitative estimate of drug-likeness (QED) is 0.161. The molecule has 0 saturated heterocycles. The Hall–Kier alpha value is -2.40. The lowest BCUT2D eigenvalue weighted by molar-refractivity contribution is -0.137. The fraction of sp³-hybridized carbons (Fsp3) is 0.240. The molecule has 0 unspecified atom stereocenters. The van der Waals surface area contributed by atoms with Gasteiger partial charge in [-0.2, -0.15) is 13.2 Å². The second-order valence-electron chi connectivity index (χ2n) is 7.20. The summed E-state index contributed by atoms with van der Waals surface area (Å²) >= 11 is 1.44. The van der Waals surface area contributed by atoms with E-state index in [-0.39, 0.29) is 24.0 Å². The maximum Gasteiger partial charge on any atom is 0.416 e. The maximum absolute atomic E-state index is 12.9. The van der Waals surface area contributed by atoms with E-state index >= 15 is 0 Å². The van der Waals surface area contributed by atoms with Gasteiger partial charge >= 0.3 is 6.18 Å². The highest BCUT2D eigenvalue weighted by atomic mass is 127. The third-order valence-corrected chi connectivity index (χ3v) is 5.65. The molecule has 34 heavy (non-hydrogen) atoms. The van der Waals surface area contributed by atoms with E-state index < -0.39 is 11.7 Å². The van der Waals surface area contributed by atoms with Crippen LogP contribution >= 0.6 is 35.7 Å². The van der Waals surface area contributed by atoms with Crippen LogP contribution in [0.3, 0.4) is 0 Å². The lowest BCUT2D eigenvalue weighted by Gasteiger charge is -2.26. The van der Waals surface area contributed by atoms with Crippen molar-refractivity contribution in [3.05, 3.63) is 89.5 Å². The van der Waals surface area contributed by atoms with E-state index in [1.54, 1.807) is 14.2 Å². The summed E-state index contributed by atoms with van der Waals surface area (Å²) in [7, 11) is 3.24. The molecule has 0 saturated carbocycles. The summed E-state index contributed by atoms with van der Waals surface area (Å²) in [6, 6.07) is 20.4. The first-order valence-electron chi connectivity index (χ1n) is 10.1. The number of hydrogen-bond acceptors (Lipinski definition) is 4. The zero-order valence-electron chi connectivity index (χ0n) is 19.0. The van der Waals surface area contributed by atoms with Gasteiger partial charge in [-0.3, -0.25) is 0 Å². The van der Waals surface area contributed by atoms with Crippen LogP contribution in [0.2, 0.25) is 0 Å². The molecule has 0 radical (unpaired) electrons. The molecule has 0 aliphatic rings. The summed E-state index contributed by atoms with van der Waals surface area (Å²) in [5, 5.41) is 0.696. The number of methoxy groups -OCH3 is 2. The maximum atomic E-state index is 12.9. The molecule has 4 nitrogen and oxygen atoms in total. The second kappa shape index (κ2) is 12.9. The van der Waals surface area contributed by atoms with E-state index in [4.69, 9.17) is 9.47 Å². The summed E-state index contributed by atoms with van der Waals surface area (Å²) < 4.78 is 49.2. The normalized spacial score (nSPS) is 11.5. The molecule has 0 spiro atoms.